The lowest BCUT2D eigenvalue weighted by Crippen LogP contribution is -2.47. The van der Waals surface area contributed by atoms with Crippen LogP contribution in [0, 0.1) is 12.7 Å². The SMILES string of the molecule is Cc1cc(Cl)c(F)c2c1NC(=S)C(C)(C)N2. The first kappa shape index (κ1) is 11.6. The molecular weight excluding hydrogens is 247 g/mol. The summed E-state index contributed by atoms with van der Waals surface area (Å²) in [5, 5.41) is 6.25. The van der Waals surface area contributed by atoms with Gasteiger partial charge in [0, 0.05) is 0 Å². The lowest BCUT2D eigenvalue weighted by atomic mass is 9.99. The highest BCUT2D eigenvalue weighted by atomic mass is 35.5. The molecule has 1 heterocycles. The van der Waals surface area contributed by atoms with Gasteiger partial charge >= 0.3 is 0 Å². The van der Waals surface area contributed by atoms with Crippen molar-refractivity contribution in [2.75, 3.05) is 10.6 Å². The number of halogens is 2. The maximum atomic E-state index is 13.9. The highest BCUT2D eigenvalue weighted by molar-refractivity contribution is 7.80. The van der Waals surface area contributed by atoms with E-state index in [0.29, 0.717) is 16.4 Å². The molecule has 0 atom stereocenters. The summed E-state index contributed by atoms with van der Waals surface area (Å²) in [6.45, 7) is 5.64. The van der Waals surface area contributed by atoms with Gasteiger partial charge in [-0.2, -0.15) is 0 Å². The zero-order chi connectivity index (χ0) is 12.1. The Bertz CT molecular complexity index is 485. The number of anilines is 2. The third-order valence-corrected chi connectivity index (χ3v) is 3.55. The molecule has 0 fully saturated rings. The van der Waals surface area contributed by atoms with Crippen molar-refractivity contribution in [3.63, 3.8) is 0 Å². The lowest BCUT2D eigenvalue weighted by Gasteiger charge is -2.36. The van der Waals surface area contributed by atoms with Crippen LogP contribution in [0.4, 0.5) is 15.8 Å². The van der Waals surface area contributed by atoms with Gasteiger partial charge in [-0.05, 0) is 32.4 Å². The Kier molecular flexibility index (Phi) is 2.59. The highest BCUT2D eigenvalue weighted by Crippen LogP contribution is 2.39. The Morgan fingerprint density at radius 2 is 2.00 bits per heavy atom. The third kappa shape index (κ3) is 1.66. The molecule has 1 aromatic rings. The van der Waals surface area contributed by atoms with Crippen molar-refractivity contribution in [1.29, 1.82) is 0 Å². The minimum Gasteiger partial charge on any atom is -0.370 e. The zero-order valence-electron chi connectivity index (χ0n) is 9.24. The van der Waals surface area contributed by atoms with E-state index < -0.39 is 11.4 Å². The first-order valence-corrected chi connectivity index (χ1v) is 5.70. The Hall–Kier alpha value is -0.870. The summed E-state index contributed by atoms with van der Waals surface area (Å²) in [5.41, 5.74) is 1.46. The molecular formula is C11H12ClFN2S. The minimum absolute atomic E-state index is 0.120. The summed E-state index contributed by atoms with van der Waals surface area (Å²) in [6, 6.07) is 1.59. The van der Waals surface area contributed by atoms with Gasteiger partial charge in [-0.15, -0.1) is 0 Å². The molecule has 1 aliphatic rings. The fourth-order valence-corrected chi connectivity index (χ4v) is 2.08. The van der Waals surface area contributed by atoms with E-state index in [1.807, 2.05) is 20.8 Å². The van der Waals surface area contributed by atoms with Crippen LogP contribution in [-0.4, -0.2) is 10.5 Å². The number of rotatable bonds is 0. The molecule has 0 amide bonds. The quantitative estimate of drug-likeness (QED) is 0.694. The molecule has 0 saturated carbocycles. The molecule has 2 N–H and O–H groups in total. The Morgan fingerprint density at radius 1 is 1.38 bits per heavy atom. The van der Waals surface area contributed by atoms with E-state index in [9.17, 15) is 4.39 Å². The molecule has 1 aliphatic heterocycles. The van der Waals surface area contributed by atoms with Gasteiger partial charge < -0.3 is 10.6 Å². The van der Waals surface area contributed by atoms with Crippen molar-refractivity contribution in [2.24, 2.45) is 0 Å². The summed E-state index contributed by atoms with van der Waals surface area (Å²) in [7, 11) is 0. The molecule has 2 rings (SSSR count). The van der Waals surface area contributed by atoms with Gasteiger partial charge in [0.05, 0.1) is 21.9 Å². The van der Waals surface area contributed by atoms with E-state index in [4.69, 9.17) is 23.8 Å². The van der Waals surface area contributed by atoms with Crippen molar-refractivity contribution in [3.05, 3.63) is 22.5 Å². The number of thiocarbonyl (C=S) groups is 1. The van der Waals surface area contributed by atoms with Crippen LogP contribution in [0.3, 0.4) is 0 Å². The van der Waals surface area contributed by atoms with Gasteiger partial charge in [0.1, 0.15) is 4.99 Å². The number of benzene rings is 1. The van der Waals surface area contributed by atoms with Crippen molar-refractivity contribution in [2.45, 2.75) is 26.3 Å². The van der Waals surface area contributed by atoms with Crippen LogP contribution >= 0.6 is 23.8 Å². The summed E-state index contributed by atoms with van der Waals surface area (Å²) in [6.07, 6.45) is 0. The number of aryl methyl sites for hydroxylation is 1. The second-order valence-corrected chi connectivity index (χ2v) is 5.26. The fourth-order valence-electron chi connectivity index (χ4n) is 1.67. The fraction of sp³-hybridized carbons (Fsp3) is 0.364. The Labute approximate surface area is 104 Å². The van der Waals surface area contributed by atoms with Gasteiger partial charge in [-0.3, -0.25) is 0 Å². The third-order valence-electron chi connectivity index (χ3n) is 2.66. The van der Waals surface area contributed by atoms with E-state index in [1.165, 1.54) is 0 Å². The van der Waals surface area contributed by atoms with Crippen LogP contribution in [0.25, 0.3) is 0 Å². The van der Waals surface area contributed by atoms with Crippen LogP contribution in [-0.2, 0) is 0 Å². The van der Waals surface area contributed by atoms with Gasteiger partial charge in [-0.1, -0.05) is 23.8 Å². The smallest absolute Gasteiger partial charge is 0.167 e. The van der Waals surface area contributed by atoms with E-state index in [2.05, 4.69) is 10.6 Å². The molecule has 86 valence electrons. The Morgan fingerprint density at radius 3 is 2.62 bits per heavy atom. The molecule has 5 heteroatoms. The molecule has 2 nitrogen and oxygen atoms in total. The normalized spacial score (nSPS) is 17.4. The number of hydrogen-bond donors (Lipinski definition) is 2. The van der Waals surface area contributed by atoms with Crippen molar-refractivity contribution in [3.8, 4) is 0 Å². The minimum atomic E-state index is -0.472. The molecule has 0 bridgehead atoms. The molecule has 0 aliphatic carbocycles. The zero-order valence-corrected chi connectivity index (χ0v) is 10.8. The topological polar surface area (TPSA) is 24.1 Å². The largest absolute Gasteiger partial charge is 0.370 e. The van der Waals surface area contributed by atoms with Crippen LogP contribution in [0.2, 0.25) is 5.02 Å². The number of nitrogens with one attached hydrogen (secondary N) is 2. The highest BCUT2D eigenvalue weighted by Gasteiger charge is 2.32. The molecule has 0 radical (unpaired) electrons. The Balaban J connectivity index is 2.64. The molecule has 0 aromatic heterocycles. The molecule has 0 saturated heterocycles. The van der Waals surface area contributed by atoms with Gasteiger partial charge in [0.25, 0.3) is 0 Å². The predicted octanol–water partition coefficient (Wildman–Crippen LogP) is 3.73. The first-order chi connectivity index (χ1) is 7.33. The van der Waals surface area contributed by atoms with Crippen LogP contribution in [0.15, 0.2) is 6.07 Å². The number of hydrogen-bond acceptors (Lipinski definition) is 2. The monoisotopic (exact) mass is 258 g/mol. The van der Waals surface area contributed by atoms with Crippen LogP contribution in [0.5, 0.6) is 0 Å². The molecule has 1 aromatic carbocycles. The van der Waals surface area contributed by atoms with Crippen LogP contribution < -0.4 is 10.6 Å². The lowest BCUT2D eigenvalue weighted by molar-refractivity contribution is 0.622. The van der Waals surface area contributed by atoms with E-state index in [-0.39, 0.29) is 5.02 Å². The van der Waals surface area contributed by atoms with E-state index in [0.717, 1.165) is 5.56 Å². The van der Waals surface area contributed by atoms with Gasteiger partial charge in [0.15, 0.2) is 5.82 Å². The second kappa shape index (κ2) is 3.57. The van der Waals surface area contributed by atoms with E-state index in [1.54, 1.807) is 6.07 Å². The van der Waals surface area contributed by atoms with Crippen molar-refractivity contribution >= 4 is 40.2 Å². The standard InChI is InChI=1S/C11H12ClFN2S/c1-5-4-6(12)7(13)9-8(5)14-10(16)11(2,3)15-9/h4,15H,1-3H3,(H,14,16). The molecule has 16 heavy (non-hydrogen) atoms. The predicted molar refractivity (Wildman–Crippen MR) is 70.1 cm³/mol. The molecule has 0 spiro atoms. The maximum Gasteiger partial charge on any atom is 0.167 e. The van der Waals surface area contributed by atoms with Gasteiger partial charge in [0.2, 0.25) is 0 Å². The summed E-state index contributed by atoms with van der Waals surface area (Å²) in [4.78, 5) is 0.643. The maximum absolute atomic E-state index is 13.9. The van der Waals surface area contributed by atoms with Crippen LogP contribution in [0.1, 0.15) is 19.4 Å². The molecule has 0 unspecified atom stereocenters. The average molecular weight is 259 g/mol. The summed E-state index contributed by atoms with van der Waals surface area (Å²) in [5.74, 6) is -0.439. The van der Waals surface area contributed by atoms with E-state index >= 15 is 0 Å². The summed E-state index contributed by atoms with van der Waals surface area (Å²) >= 11 is 11.0. The first-order valence-electron chi connectivity index (χ1n) is 4.91. The number of fused-ring (bicyclic) bond motifs is 1. The van der Waals surface area contributed by atoms with Gasteiger partial charge in [-0.25, -0.2) is 4.39 Å². The second-order valence-electron chi connectivity index (χ2n) is 4.44. The van der Waals surface area contributed by atoms with Crippen molar-refractivity contribution < 1.29 is 4.39 Å². The summed E-state index contributed by atoms with van der Waals surface area (Å²) < 4.78 is 13.9. The van der Waals surface area contributed by atoms with Crippen molar-refractivity contribution in [1.82, 2.24) is 0 Å². The average Bonchev–Trinajstić information content (AvgIpc) is 2.18.